The van der Waals surface area contributed by atoms with Crippen molar-refractivity contribution in [3.63, 3.8) is 0 Å². The zero-order chi connectivity index (χ0) is 13.4. The second-order valence-corrected chi connectivity index (χ2v) is 3.54. The lowest BCUT2D eigenvalue weighted by molar-refractivity contribution is -0.120. The molecule has 0 saturated carbocycles. The number of amides is 2. The van der Waals surface area contributed by atoms with Gasteiger partial charge in [-0.25, -0.2) is 4.79 Å². The van der Waals surface area contributed by atoms with Crippen LogP contribution in [-0.2, 0) is 20.9 Å². The lowest BCUT2D eigenvalue weighted by Crippen LogP contribution is -2.36. The van der Waals surface area contributed by atoms with Gasteiger partial charge in [0.05, 0.1) is 6.04 Å². The fraction of sp³-hybridized carbons (Fsp3) is 0.250. The Bertz CT molecular complexity index is 419. The molecule has 1 aromatic rings. The third kappa shape index (κ3) is 5.22. The first-order chi connectivity index (χ1) is 8.61. The van der Waals surface area contributed by atoms with Crippen molar-refractivity contribution >= 4 is 18.3 Å². The molecule has 0 unspecified atom stereocenters. The van der Waals surface area contributed by atoms with Gasteiger partial charge in [-0.1, -0.05) is 30.3 Å². The molecule has 0 aliphatic heterocycles. The van der Waals surface area contributed by atoms with Crippen molar-refractivity contribution in [1.82, 2.24) is 5.32 Å². The molecule has 95 valence electrons. The summed E-state index contributed by atoms with van der Waals surface area (Å²) in [5.41, 5.74) is 5.98. The zero-order valence-electron chi connectivity index (χ0n) is 9.59. The Balaban J connectivity index is 2.29. The highest BCUT2D eigenvalue weighted by Crippen LogP contribution is 2.00. The molecule has 0 aliphatic rings. The number of imide groups is 1. The van der Waals surface area contributed by atoms with Gasteiger partial charge >= 0.3 is 6.09 Å². The van der Waals surface area contributed by atoms with Crippen LogP contribution in [0.25, 0.3) is 0 Å². The maximum Gasteiger partial charge on any atom is 0.414 e. The zero-order valence-corrected chi connectivity index (χ0v) is 9.59. The van der Waals surface area contributed by atoms with Crippen LogP contribution in [-0.4, -0.2) is 24.3 Å². The van der Waals surface area contributed by atoms with Gasteiger partial charge in [-0.05, 0) is 5.56 Å². The van der Waals surface area contributed by atoms with Crippen LogP contribution >= 0.6 is 0 Å². The van der Waals surface area contributed by atoms with E-state index in [4.69, 9.17) is 10.5 Å². The lowest BCUT2D eigenvalue weighted by atomic mass is 10.2. The number of alkyl carbamates (subject to hydrolysis) is 1. The van der Waals surface area contributed by atoms with Gasteiger partial charge in [0, 0.05) is 6.42 Å². The minimum Gasteiger partial charge on any atom is -0.444 e. The molecule has 0 spiro atoms. The largest absolute Gasteiger partial charge is 0.444 e. The third-order valence-corrected chi connectivity index (χ3v) is 2.01. The van der Waals surface area contributed by atoms with Crippen molar-refractivity contribution in [2.45, 2.75) is 19.1 Å². The highest BCUT2D eigenvalue weighted by atomic mass is 16.5. The summed E-state index contributed by atoms with van der Waals surface area (Å²) in [6.07, 6.45) is 0.267. The fourth-order valence-corrected chi connectivity index (χ4v) is 1.17. The molecule has 18 heavy (non-hydrogen) atoms. The van der Waals surface area contributed by atoms with Crippen LogP contribution in [0.3, 0.4) is 0 Å². The average Bonchev–Trinajstić information content (AvgIpc) is 2.37. The van der Waals surface area contributed by atoms with Gasteiger partial charge in [-0.3, -0.25) is 14.9 Å². The van der Waals surface area contributed by atoms with E-state index in [2.05, 4.69) is 0 Å². The summed E-state index contributed by atoms with van der Waals surface area (Å²) in [5.74, 6) is -0.677. The Hall–Kier alpha value is -2.21. The van der Waals surface area contributed by atoms with Crippen LogP contribution in [0.1, 0.15) is 12.0 Å². The number of hydrogen-bond acceptors (Lipinski definition) is 5. The molecule has 6 heteroatoms. The maximum atomic E-state index is 11.2. The van der Waals surface area contributed by atoms with E-state index in [-0.39, 0.29) is 13.0 Å². The second kappa shape index (κ2) is 7.18. The van der Waals surface area contributed by atoms with Crippen LogP contribution in [0.5, 0.6) is 0 Å². The maximum absolute atomic E-state index is 11.2. The molecule has 0 heterocycles. The molecule has 1 aromatic carbocycles. The molecule has 1 atom stereocenters. The first-order valence-corrected chi connectivity index (χ1v) is 5.25. The number of ether oxygens (including phenoxy) is 1. The summed E-state index contributed by atoms with van der Waals surface area (Å²) in [7, 11) is 0. The summed E-state index contributed by atoms with van der Waals surface area (Å²) in [6.45, 7) is 0.0613. The number of rotatable bonds is 5. The van der Waals surface area contributed by atoms with Crippen LogP contribution in [0.15, 0.2) is 30.3 Å². The second-order valence-electron chi connectivity index (χ2n) is 3.54. The number of carbonyl (C=O) groups is 2. The van der Waals surface area contributed by atoms with E-state index in [1.165, 1.54) is 6.29 Å². The summed E-state index contributed by atoms with van der Waals surface area (Å²) >= 11 is 0. The molecule has 0 fully saturated rings. The molecule has 0 aliphatic carbocycles. The van der Waals surface area contributed by atoms with E-state index in [0.717, 1.165) is 5.56 Å². The van der Waals surface area contributed by atoms with Gasteiger partial charge < -0.3 is 10.5 Å². The minimum absolute atomic E-state index is 0.0613. The minimum atomic E-state index is -1.04. The predicted molar refractivity (Wildman–Crippen MR) is 63.1 cm³/mol. The molecule has 1 radical (unpaired) electrons. The molecule has 0 saturated heterocycles. The Morgan fingerprint density at radius 3 is 2.61 bits per heavy atom. The van der Waals surface area contributed by atoms with Gasteiger partial charge in [-0.15, -0.1) is 0 Å². The highest BCUT2D eigenvalue weighted by molar-refractivity contribution is 5.93. The van der Waals surface area contributed by atoms with Gasteiger partial charge in [0.2, 0.25) is 12.2 Å². The normalized spacial score (nSPS) is 11.4. The summed E-state index contributed by atoms with van der Waals surface area (Å²) in [6, 6.07) is 7.98. The topological polar surface area (TPSA) is 98.5 Å². The van der Waals surface area contributed by atoms with Gasteiger partial charge in [0.15, 0.2) is 0 Å². The van der Waals surface area contributed by atoms with Crippen molar-refractivity contribution < 1.29 is 19.1 Å². The molecule has 3 N–H and O–H groups in total. The molecular weight excluding hydrogens is 236 g/mol. The fourth-order valence-electron chi connectivity index (χ4n) is 1.17. The van der Waals surface area contributed by atoms with Gasteiger partial charge in [0.1, 0.15) is 6.61 Å². The number of carbonyl (C=O) groups excluding carboxylic acids is 3. The van der Waals surface area contributed by atoms with Crippen molar-refractivity contribution in [1.29, 1.82) is 0 Å². The van der Waals surface area contributed by atoms with Crippen LogP contribution in [0, 0.1) is 0 Å². The SMILES string of the molecule is N[C@H]([C]=O)CC(=O)NC(=O)OCc1ccccc1. The lowest BCUT2D eigenvalue weighted by Gasteiger charge is -2.06. The van der Waals surface area contributed by atoms with Crippen LogP contribution in [0.2, 0.25) is 0 Å². The first kappa shape index (κ1) is 13.9. The Labute approximate surface area is 104 Å². The quantitative estimate of drug-likeness (QED) is 0.780. The summed E-state index contributed by atoms with van der Waals surface area (Å²) in [5, 5.41) is 1.96. The average molecular weight is 249 g/mol. The number of nitrogens with one attached hydrogen (secondary N) is 1. The molecular formula is C12H13N2O4. The standard InChI is InChI=1S/C12H13N2O4/c13-10(7-15)6-11(16)14-12(17)18-8-9-4-2-1-3-5-9/h1-5,10H,6,8,13H2,(H,14,16,17)/t10-/m0/s1. The summed E-state index contributed by atoms with van der Waals surface area (Å²) < 4.78 is 4.80. The van der Waals surface area contributed by atoms with Crippen LogP contribution < -0.4 is 11.1 Å². The first-order valence-electron chi connectivity index (χ1n) is 5.25. The predicted octanol–water partition coefficient (Wildman–Crippen LogP) is 0.266. The van der Waals surface area contributed by atoms with E-state index in [1.807, 2.05) is 11.4 Å². The molecule has 1 rings (SSSR count). The number of benzene rings is 1. The molecule has 0 aromatic heterocycles. The Kier molecular flexibility index (Phi) is 5.53. The van der Waals surface area contributed by atoms with Crippen molar-refractivity contribution in [3.8, 4) is 0 Å². The van der Waals surface area contributed by atoms with E-state index < -0.39 is 18.0 Å². The number of hydrogen-bond donors (Lipinski definition) is 2. The van der Waals surface area contributed by atoms with E-state index >= 15 is 0 Å². The molecule has 0 bridgehead atoms. The van der Waals surface area contributed by atoms with Crippen molar-refractivity contribution in [3.05, 3.63) is 35.9 Å². The smallest absolute Gasteiger partial charge is 0.414 e. The van der Waals surface area contributed by atoms with Crippen LogP contribution in [0.4, 0.5) is 4.79 Å². The van der Waals surface area contributed by atoms with Crippen molar-refractivity contribution in [2.75, 3.05) is 0 Å². The van der Waals surface area contributed by atoms with Crippen molar-refractivity contribution in [2.24, 2.45) is 5.73 Å². The highest BCUT2D eigenvalue weighted by Gasteiger charge is 2.13. The van der Waals surface area contributed by atoms with E-state index in [0.29, 0.717) is 0 Å². The van der Waals surface area contributed by atoms with Gasteiger partial charge in [-0.2, -0.15) is 0 Å². The Morgan fingerprint density at radius 1 is 1.33 bits per heavy atom. The third-order valence-electron chi connectivity index (χ3n) is 2.01. The molecule has 2 amide bonds. The summed E-state index contributed by atoms with van der Waals surface area (Å²) in [4.78, 5) is 32.5. The van der Waals surface area contributed by atoms with E-state index in [9.17, 15) is 14.4 Å². The monoisotopic (exact) mass is 249 g/mol. The van der Waals surface area contributed by atoms with Gasteiger partial charge in [0.25, 0.3) is 0 Å². The van der Waals surface area contributed by atoms with E-state index in [1.54, 1.807) is 24.3 Å². The molecule has 6 nitrogen and oxygen atoms in total. The number of nitrogens with two attached hydrogens (primary N) is 1. The Morgan fingerprint density at radius 2 is 2.00 bits per heavy atom.